The van der Waals surface area contributed by atoms with Crippen molar-refractivity contribution >= 4 is 35.7 Å². The zero-order valence-corrected chi connectivity index (χ0v) is 29.4. The molecule has 0 bridgehead atoms. The summed E-state index contributed by atoms with van der Waals surface area (Å²) in [6, 6.07) is 43.9. The topological polar surface area (TPSA) is 6.48 Å². The summed E-state index contributed by atoms with van der Waals surface area (Å²) in [6.07, 6.45) is 12.7. The average molecular weight is 641 g/mol. The summed E-state index contributed by atoms with van der Waals surface area (Å²) in [5, 5.41) is 0. The molecule has 0 saturated heterocycles. The van der Waals surface area contributed by atoms with Gasteiger partial charge in [0.1, 0.15) is 0 Å². The third-order valence-electron chi connectivity index (χ3n) is 8.50. The maximum Gasteiger partial charge on any atom is 0.0433 e. The Balaban J connectivity index is 1.18. The van der Waals surface area contributed by atoms with Gasteiger partial charge in [-0.1, -0.05) is 163 Å². The van der Waals surface area contributed by atoms with Gasteiger partial charge in [0.15, 0.2) is 0 Å². The molecule has 0 radical (unpaired) electrons. The standard InChI is InChI=1S/C47H48N2/c1-36(2)7-8-39(5)33-48(6)46-29-25-42(26-30-46)23-21-40-17-19-41(20-18-40)22-24-43-27-31-47(32-28-43)49(34-44-13-9-37(3)10-14-44)35-45-15-11-38(4)12-16-45/h7-32H,1,5,33-35H2,2-4,6H3/b8-7-,23-21?,24-22?. The van der Waals surface area contributed by atoms with Crippen LogP contribution in [0.4, 0.5) is 11.4 Å². The lowest BCUT2D eigenvalue weighted by Gasteiger charge is -2.25. The predicted octanol–water partition coefficient (Wildman–Crippen LogP) is 12.0. The fourth-order valence-electron chi connectivity index (χ4n) is 5.51. The van der Waals surface area contributed by atoms with Crippen LogP contribution in [0, 0.1) is 13.8 Å². The molecule has 49 heavy (non-hydrogen) atoms. The van der Waals surface area contributed by atoms with E-state index in [1.54, 1.807) is 0 Å². The van der Waals surface area contributed by atoms with Crippen molar-refractivity contribution in [3.05, 3.63) is 202 Å². The van der Waals surface area contributed by atoms with Crippen LogP contribution < -0.4 is 9.80 Å². The minimum Gasteiger partial charge on any atom is -0.370 e. The molecule has 246 valence electrons. The van der Waals surface area contributed by atoms with Crippen LogP contribution in [0.5, 0.6) is 0 Å². The molecular weight excluding hydrogens is 593 g/mol. The maximum atomic E-state index is 4.16. The molecule has 0 aliphatic heterocycles. The second kappa shape index (κ2) is 17.0. The zero-order chi connectivity index (χ0) is 34.6. The Bertz CT molecular complexity index is 1860. The third kappa shape index (κ3) is 11.0. The lowest BCUT2D eigenvalue weighted by molar-refractivity contribution is 0.799. The summed E-state index contributed by atoms with van der Waals surface area (Å²) < 4.78 is 0. The number of hydrogen-bond donors (Lipinski definition) is 0. The molecule has 2 heteroatoms. The molecule has 0 N–H and O–H groups in total. The molecule has 5 rings (SSSR count). The molecule has 0 spiro atoms. The molecule has 0 heterocycles. The first kappa shape index (κ1) is 34.7. The van der Waals surface area contributed by atoms with Crippen LogP contribution in [-0.4, -0.2) is 13.6 Å². The van der Waals surface area contributed by atoms with Crippen LogP contribution >= 0.6 is 0 Å². The van der Waals surface area contributed by atoms with Gasteiger partial charge in [0, 0.05) is 38.1 Å². The van der Waals surface area contributed by atoms with Gasteiger partial charge in [0.05, 0.1) is 0 Å². The van der Waals surface area contributed by atoms with Gasteiger partial charge in [-0.2, -0.15) is 0 Å². The first-order chi connectivity index (χ1) is 23.7. The van der Waals surface area contributed by atoms with E-state index in [1.807, 2.05) is 19.1 Å². The normalized spacial score (nSPS) is 11.4. The Hall–Kier alpha value is -5.60. The highest BCUT2D eigenvalue weighted by molar-refractivity contribution is 5.74. The minimum atomic E-state index is 0.771. The largest absolute Gasteiger partial charge is 0.370 e. The highest BCUT2D eigenvalue weighted by Gasteiger charge is 2.09. The summed E-state index contributed by atoms with van der Waals surface area (Å²) in [5.74, 6) is 0. The second-order valence-corrected chi connectivity index (χ2v) is 13.0. The van der Waals surface area contributed by atoms with Gasteiger partial charge in [-0.3, -0.25) is 0 Å². The maximum absolute atomic E-state index is 4.16. The van der Waals surface area contributed by atoms with Crippen molar-refractivity contribution in [1.82, 2.24) is 0 Å². The van der Waals surface area contributed by atoms with Crippen LogP contribution in [0.15, 0.2) is 158 Å². The second-order valence-electron chi connectivity index (χ2n) is 13.0. The fraction of sp³-hybridized carbons (Fsp3) is 0.149. The van der Waals surface area contributed by atoms with Crippen molar-refractivity contribution in [2.45, 2.75) is 33.9 Å². The van der Waals surface area contributed by atoms with Gasteiger partial charge in [-0.25, -0.2) is 0 Å². The summed E-state index contributed by atoms with van der Waals surface area (Å²) in [6.45, 7) is 16.8. The van der Waals surface area contributed by atoms with Gasteiger partial charge in [-0.05, 0) is 84.0 Å². The van der Waals surface area contributed by atoms with E-state index in [0.717, 1.165) is 36.5 Å². The van der Waals surface area contributed by atoms with Crippen LogP contribution in [0.1, 0.15) is 51.4 Å². The monoisotopic (exact) mass is 640 g/mol. The van der Waals surface area contributed by atoms with Gasteiger partial charge in [0.25, 0.3) is 0 Å². The van der Waals surface area contributed by atoms with E-state index in [9.17, 15) is 0 Å². The molecule has 5 aromatic rings. The number of anilines is 2. The first-order valence-electron chi connectivity index (χ1n) is 16.9. The van der Waals surface area contributed by atoms with E-state index < -0.39 is 0 Å². The number of nitrogens with zero attached hydrogens (tertiary/aromatic N) is 2. The Morgan fingerprint density at radius 2 is 0.878 bits per heavy atom. The van der Waals surface area contributed by atoms with Gasteiger partial charge in [0.2, 0.25) is 0 Å². The fourth-order valence-corrected chi connectivity index (χ4v) is 5.51. The molecule has 2 nitrogen and oxygen atoms in total. The Labute approximate surface area is 294 Å². The smallest absolute Gasteiger partial charge is 0.0433 e. The number of allylic oxidation sites excluding steroid dienone is 2. The van der Waals surface area contributed by atoms with Gasteiger partial charge in [-0.15, -0.1) is 0 Å². The van der Waals surface area contributed by atoms with E-state index in [-0.39, 0.29) is 0 Å². The van der Waals surface area contributed by atoms with Crippen LogP contribution in [0.25, 0.3) is 24.3 Å². The molecule has 5 aromatic carbocycles. The number of likely N-dealkylation sites (N-methyl/N-ethyl adjacent to an activating group) is 1. The van der Waals surface area contributed by atoms with Crippen LogP contribution in [-0.2, 0) is 13.1 Å². The predicted molar refractivity (Wildman–Crippen MR) is 216 cm³/mol. The van der Waals surface area contributed by atoms with E-state index in [4.69, 9.17) is 0 Å². The molecule has 0 amide bonds. The highest BCUT2D eigenvalue weighted by atomic mass is 15.1. The van der Waals surface area contributed by atoms with E-state index >= 15 is 0 Å². The van der Waals surface area contributed by atoms with Gasteiger partial charge < -0.3 is 9.80 Å². The Morgan fingerprint density at radius 1 is 0.510 bits per heavy atom. The van der Waals surface area contributed by atoms with Gasteiger partial charge >= 0.3 is 0 Å². The number of hydrogen-bond acceptors (Lipinski definition) is 2. The van der Waals surface area contributed by atoms with E-state index in [2.05, 4.69) is 189 Å². The zero-order valence-electron chi connectivity index (χ0n) is 29.4. The lowest BCUT2D eigenvalue weighted by atomic mass is 10.1. The molecule has 0 unspecified atom stereocenters. The van der Waals surface area contributed by atoms with E-state index in [1.165, 1.54) is 50.2 Å². The SMILES string of the molecule is C=C(C)/C=C\C(=C)CN(C)c1ccc(C=Cc2ccc(C=Cc3ccc(N(Cc4ccc(C)cc4)Cc4ccc(C)cc4)cc3)cc2)cc1. The molecule has 0 aliphatic carbocycles. The van der Waals surface area contributed by atoms with Crippen LogP contribution in [0.2, 0.25) is 0 Å². The number of aryl methyl sites for hydroxylation is 2. The van der Waals surface area contributed by atoms with Crippen molar-refractivity contribution in [2.75, 3.05) is 23.4 Å². The Kier molecular flexibility index (Phi) is 12.0. The molecule has 0 atom stereocenters. The number of rotatable bonds is 14. The quantitative estimate of drug-likeness (QED) is 0.0880. The summed E-state index contributed by atoms with van der Waals surface area (Å²) in [4.78, 5) is 4.65. The molecule has 0 aromatic heterocycles. The van der Waals surface area contributed by atoms with Crippen molar-refractivity contribution in [2.24, 2.45) is 0 Å². The molecule has 0 aliphatic rings. The van der Waals surface area contributed by atoms with Crippen molar-refractivity contribution in [3.63, 3.8) is 0 Å². The highest BCUT2D eigenvalue weighted by Crippen LogP contribution is 2.23. The summed E-state index contributed by atoms with van der Waals surface area (Å²) >= 11 is 0. The van der Waals surface area contributed by atoms with Crippen molar-refractivity contribution in [1.29, 1.82) is 0 Å². The summed E-state index contributed by atoms with van der Waals surface area (Å²) in [5.41, 5.74) is 14.3. The Morgan fingerprint density at radius 3 is 1.27 bits per heavy atom. The lowest BCUT2D eigenvalue weighted by Crippen LogP contribution is -2.22. The van der Waals surface area contributed by atoms with E-state index in [0.29, 0.717) is 0 Å². The third-order valence-corrected chi connectivity index (χ3v) is 8.50. The molecule has 0 saturated carbocycles. The van der Waals surface area contributed by atoms with Crippen LogP contribution in [0.3, 0.4) is 0 Å². The van der Waals surface area contributed by atoms with Crippen molar-refractivity contribution < 1.29 is 0 Å². The summed E-state index contributed by atoms with van der Waals surface area (Å²) in [7, 11) is 2.09. The minimum absolute atomic E-state index is 0.771. The van der Waals surface area contributed by atoms with Crippen molar-refractivity contribution in [3.8, 4) is 0 Å². The molecule has 0 fully saturated rings. The first-order valence-corrected chi connectivity index (χ1v) is 16.9. The molecular formula is C47H48N2. The average Bonchev–Trinajstić information content (AvgIpc) is 3.11. The number of benzene rings is 5.